The van der Waals surface area contributed by atoms with E-state index in [4.69, 9.17) is 0 Å². The fourth-order valence-electron chi connectivity index (χ4n) is 1.87. The lowest BCUT2D eigenvalue weighted by Crippen LogP contribution is -2.17. The lowest BCUT2D eigenvalue weighted by Gasteiger charge is -2.16. The molecule has 0 heterocycles. The molecule has 1 fully saturated rings. The van der Waals surface area contributed by atoms with Crippen molar-refractivity contribution >= 4 is 0 Å². The molecule has 1 unspecified atom stereocenters. The van der Waals surface area contributed by atoms with Crippen molar-refractivity contribution in [2.45, 2.75) is 45.1 Å². The van der Waals surface area contributed by atoms with Crippen molar-refractivity contribution in [2.75, 3.05) is 0 Å². The van der Waals surface area contributed by atoms with Crippen molar-refractivity contribution < 1.29 is 5.11 Å². The summed E-state index contributed by atoms with van der Waals surface area (Å²) in [5.74, 6) is 0.562. The molecular formula is C10H18O. The van der Waals surface area contributed by atoms with Gasteiger partial charge in [0.1, 0.15) is 0 Å². The molecule has 1 atom stereocenters. The monoisotopic (exact) mass is 154 g/mol. The Balaban J connectivity index is 2.28. The maximum atomic E-state index is 9.66. The van der Waals surface area contributed by atoms with Crippen LogP contribution in [0.1, 0.15) is 39.0 Å². The summed E-state index contributed by atoms with van der Waals surface area (Å²) in [5.41, 5.74) is 1.10. The molecule has 0 aromatic carbocycles. The minimum Gasteiger partial charge on any atom is -0.393 e. The molecule has 64 valence electrons. The van der Waals surface area contributed by atoms with Crippen LogP contribution in [0.15, 0.2) is 12.2 Å². The average Bonchev–Trinajstić information content (AvgIpc) is 2.35. The van der Waals surface area contributed by atoms with E-state index in [-0.39, 0.29) is 6.10 Å². The average molecular weight is 154 g/mol. The highest BCUT2D eigenvalue weighted by molar-refractivity contribution is 4.92. The van der Waals surface area contributed by atoms with Gasteiger partial charge in [0, 0.05) is 0 Å². The highest BCUT2D eigenvalue weighted by Crippen LogP contribution is 2.29. The Bertz CT molecular complexity index is 134. The van der Waals surface area contributed by atoms with E-state index in [2.05, 4.69) is 6.58 Å². The maximum absolute atomic E-state index is 9.66. The first-order valence-electron chi connectivity index (χ1n) is 4.52. The molecule has 0 aromatic rings. The highest BCUT2D eigenvalue weighted by Gasteiger charge is 2.22. The summed E-state index contributed by atoms with van der Waals surface area (Å²) in [6.45, 7) is 5.79. The Labute approximate surface area is 69.1 Å². The van der Waals surface area contributed by atoms with Crippen molar-refractivity contribution in [3.8, 4) is 0 Å². The molecule has 0 saturated heterocycles. The fourth-order valence-corrected chi connectivity index (χ4v) is 1.87. The van der Waals surface area contributed by atoms with Gasteiger partial charge in [-0.3, -0.25) is 0 Å². The molecule has 1 nitrogen and oxygen atoms in total. The van der Waals surface area contributed by atoms with E-state index in [9.17, 15) is 5.11 Å². The SMILES string of the molecule is C=C(C)CC(O)C1CCCC1. The predicted octanol–water partition coefficient (Wildman–Crippen LogP) is 2.50. The second-order valence-corrected chi connectivity index (χ2v) is 3.77. The molecule has 1 aliphatic rings. The van der Waals surface area contributed by atoms with E-state index in [0.717, 1.165) is 12.0 Å². The van der Waals surface area contributed by atoms with Gasteiger partial charge in [-0.05, 0) is 32.1 Å². The molecule has 0 radical (unpaired) electrons. The summed E-state index contributed by atoms with van der Waals surface area (Å²) >= 11 is 0. The summed E-state index contributed by atoms with van der Waals surface area (Å²) in [4.78, 5) is 0. The van der Waals surface area contributed by atoms with Crippen molar-refractivity contribution in [2.24, 2.45) is 5.92 Å². The molecule has 0 bridgehead atoms. The molecule has 1 rings (SSSR count). The van der Waals surface area contributed by atoms with Crippen molar-refractivity contribution in [1.29, 1.82) is 0 Å². The van der Waals surface area contributed by atoms with Crippen molar-refractivity contribution in [3.63, 3.8) is 0 Å². The lowest BCUT2D eigenvalue weighted by atomic mass is 9.96. The predicted molar refractivity (Wildman–Crippen MR) is 47.4 cm³/mol. The van der Waals surface area contributed by atoms with Crippen LogP contribution in [0.4, 0.5) is 0 Å². The molecule has 1 heteroatoms. The van der Waals surface area contributed by atoms with Gasteiger partial charge in [0.25, 0.3) is 0 Å². The first-order valence-corrected chi connectivity index (χ1v) is 4.52. The van der Waals surface area contributed by atoms with Gasteiger partial charge in [0.15, 0.2) is 0 Å². The normalized spacial score (nSPS) is 22.0. The number of rotatable bonds is 3. The molecule has 0 spiro atoms. The van der Waals surface area contributed by atoms with Crippen LogP contribution in [-0.4, -0.2) is 11.2 Å². The fraction of sp³-hybridized carbons (Fsp3) is 0.800. The van der Waals surface area contributed by atoms with Gasteiger partial charge in [-0.15, -0.1) is 6.58 Å². The van der Waals surface area contributed by atoms with E-state index in [1.165, 1.54) is 25.7 Å². The molecular weight excluding hydrogens is 136 g/mol. The molecule has 1 saturated carbocycles. The first-order chi connectivity index (χ1) is 5.20. The second-order valence-electron chi connectivity index (χ2n) is 3.77. The van der Waals surface area contributed by atoms with E-state index in [0.29, 0.717) is 5.92 Å². The summed E-state index contributed by atoms with van der Waals surface area (Å²) < 4.78 is 0. The van der Waals surface area contributed by atoms with Crippen LogP contribution in [-0.2, 0) is 0 Å². The summed E-state index contributed by atoms with van der Waals surface area (Å²) in [5, 5.41) is 9.66. The number of hydrogen-bond donors (Lipinski definition) is 1. The van der Waals surface area contributed by atoms with Gasteiger partial charge in [0.05, 0.1) is 6.10 Å². The van der Waals surface area contributed by atoms with E-state index in [1.807, 2.05) is 6.92 Å². The van der Waals surface area contributed by atoms with Crippen LogP contribution in [0, 0.1) is 5.92 Å². The van der Waals surface area contributed by atoms with Crippen molar-refractivity contribution in [1.82, 2.24) is 0 Å². The molecule has 1 aliphatic carbocycles. The largest absolute Gasteiger partial charge is 0.393 e. The Morgan fingerprint density at radius 1 is 1.55 bits per heavy atom. The zero-order valence-electron chi connectivity index (χ0n) is 7.34. The topological polar surface area (TPSA) is 20.2 Å². The first kappa shape index (κ1) is 8.79. The minimum atomic E-state index is -0.116. The smallest absolute Gasteiger partial charge is 0.0605 e. The minimum absolute atomic E-state index is 0.116. The standard InChI is InChI=1S/C10H18O/c1-8(2)7-10(11)9-5-3-4-6-9/h9-11H,1,3-7H2,2H3. The highest BCUT2D eigenvalue weighted by atomic mass is 16.3. The molecule has 11 heavy (non-hydrogen) atoms. The van der Waals surface area contributed by atoms with Gasteiger partial charge in [-0.25, -0.2) is 0 Å². The zero-order chi connectivity index (χ0) is 8.27. The Kier molecular flexibility index (Phi) is 3.13. The van der Waals surface area contributed by atoms with Gasteiger partial charge >= 0.3 is 0 Å². The Morgan fingerprint density at radius 2 is 2.09 bits per heavy atom. The maximum Gasteiger partial charge on any atom is 0.0605 e. The Hall–Kier alpha value is -0.300. The molecule has 0 aliphatic heterocycles. The zero-order valence-corrected chi connectivity index (χ0v) is 7.34. The van der Waals surface area contributed by atoms with Gasteiger partial charge in [0.2, 0.25) is 0 Å². The number of aliphatic hydroxyl groups excluding tert-OH is 1. The third-order valence-electron chi connectivity index (χ3n) is 2.50. The lowest BCUT2D eigenvalue weighted by molar-refractivity contribution is 0.111. The van der Waals surface area contributed by atoms with Crippen molar-refractivity contribution in [3.05, 3.63) is 12.2 Å². The molecule has 1 N–H and O–H groups in total. The molecule has 0 aromatic heterocycles. The third-order valence-corrected chi connectivity index (χ3v) is 2.50. The van der Waals surface area contributed by atoms with E-state index < -0.39 is 0 Å². The van der Waals surface area contributed by atoms with Crippen LogP contribution in [0.5, 0.6) is 0 Å². The van der Waals surface area contributed by atoms with Crippen LogP contribution >= 0.6 is 0 Å². The van der Waals surface area contributed by atoms with E-state index >= 15 is 0 Å². The number of hydrogen-bond acceptors (Lipinski definition) is 1. The van der Waals surface area contributed by atoms with Crippen LogP contribution in [0.25, 0.3) is 0 Å². The summed E-state index contributed by atoms with van der Waals surface area (Å²) in [7, 11) is 0. The van der Waals surface area contributed by atoms with Gasteiger partial charge < -0.3 is 5.11 Å². The summed E-state index contributed by atoms with van der Waals surface area (Å²) in [6, 6.07) is 0. The second kappa shape index (κ2) is 3.91. The van der Waals surface area contributed by atoms with Crippen LogP contribution in [0.3, 0.4) is 0 Å². The number of aliphatic hydroxyl groups is 1. The van der Waals surface area contributed by atoms with Gasteiger partial charge in [-0.1, -0.05) is 18.4 Å². The summed E-state index contributed by atoms with van der Waals surface area (Å²) in [6.07, 6.45) is 5.72. The van der Waals surface area contributed by atoms with Crippen LogP contribution < -0.4 is 0 Å². The van der Waals surface area contributed by atoms with Crippen LogP contribution in [0.2, 0.25) is 0 Å². The molecule has 0 amide bonds. The van der Waals surface area contributed by atoms with Gasteiger partial charge in [-0.2, -0.15) is 0 Å². The third kappa shape index (κ3) is 2.66. The quantitative estimate of drug-likeness (QED) is 0.619. The van der Waals surface area contributed by atoms with E-state index in [1.54, 1.807) is 0 Å². The Morgan fingerprint density at radius 3 is 2.55 bits per heavy atom.